The Bertz CT molecular complexity index is 361. The molecule has 19 heavy (non-hydrogen) atoms. The van der Waals surface area contributed by atoms with Gasteiger partial charge in [-0.05, 0) is 14.1 Å². The van der Waals surface area contributed by atoms with Crippen LogP contribution in [0.2, 0.25) is 0 Å². The van der Waals surface area contributed by atoms with Gasteiger partial charge in [0.05, 0.1) is 38.0 Å². The Morgan fingerprint density at radius 2 is 2.42 bits per heavy atom. The number of imidazole rings is 1. The lowest BCUT2D eigenvalue weighted by Gasteiger charge is -2.24. The smallest absolute Gasteiger partial charge is 0.111 e. The van der Waals surface area contributed by atoms with E-state index in [1.807, 2.05) is 26.6 Å². The summed E-state index contributed by atoms with van der Waals surface area (Å²) in [6.07, 6.45) is 3.85. The van der Waals surface area contributed by atoms with Gasteiger partial charge in [0.2, 0.25) is 0 Å². The van der Waals surface area contributed by atoms with E-state index in [-0.39, 0.29) is 6.10 Å². The van der Waals surface area contributed by atoms with E-state index in [1.165, 1.54) is 0 Å². The summed E-state index contributed by atoms with van der Waals surface area (Å²) < 4.78 is 13.5. The molecule has 2 rings (SSSR count). The van der Waals surface area contributed by atoms with Gasteiger partial charge in [-0.2, -0.15) is 0 Å². The first-order chi connectivity index (χ1) is 9.27. The Kier molecular flexibility index (Phi) is 5.78. The van der Waals surface area contributed by atoms with Crippen molar-refractivity contribution in [2.24, 2.45) is 0 Å². The molecule has 0 saturated carbocycles. The normalized spacial score (nSPS) is 20.1. The molecule has 1 fully saturated rings. The number of ether oxygens (including phenoxy) is 2. The van der Waals surface area contributed by atoms with Crippen LogP contribution in [0.3, 0.4) is 0 Å². The third kappa shape index (κ3) is 4.58. The lowest BCUT2D eigenvalue weighted by atomic mass is 10.2. The van der Waals surface area contributed by atoms with E-state index < -0.39 is 0 Å². The molecule has 0 bridgehead atoms. The van der Waals surface area contributed by atoms with Crippen molar-refractivity contribution in [1.29, 1.82) is 0 Å². The summed E-state index contributed by atoms with van der Waals surface area (Å²) in [7, 11) is 4.09. The molecule has 1 aromatic heterocycles. The van der Waals surface area contributed by atoms with E-state index in [2.05, 4.69) is 19.8 Å². The van der Waals surface area contributed by atoms with Crippen molar-refractivity contribution in [2.45, 2.75) is 12.6 Å². The molecule has 1 aromatic rings. The first-order valence-corrected chi connectivity index (χ1v) is 6.82. The summed E-state index contributed by atoms with van der Waals surface area (Å²) >= 11 is 0. The molecule has 0 spiro atoms. The van der Waals surface area contributed by atoms with E-state index in [0.717, 1.165) is 45.1 Å². The van der Waals surface area contributed by atoms with Gasteiger partial charge in [0.25, 0.3) is 0 Å². The molecule has 6 nitrogen and oxygen atoms in total. The largest absolute Gasteiger partial charge is 0.378 e. The highest BCUT2D eigenvalue weighted by atomic mass is 16.5. The standard InChI is InChI=1S/C13H24N4O2/c1-16(2)4-7-18-8-5-17-11-15-9-12(17)13-10-14-3-6-19-13/h9,11,13-14H,3-8,10H2,1-2H3. The average molecular weight is 268 g/mol. The van der Waals surface area contributed by atoms with Gasteiger partial charge < -0.3 is 24.3 Å². The summed E-state index contributed by atoms with van der Waals surface area (Å²) in [5.41, 5.74) is 1.13. The van der Waals surface area contributed by atoms with Crippen LogP contribution in [0.5, 0.6) is 0 Å². The fourth-order valence-electron chi connectivity index (χ4n) is 2.05. The Morgan fingerprint density at radius 3 is 3.16 bits per heavy atom. The van der Waals surface area contributed by atoms with E-state index in [4.69, 9.17) is 9.47 Å². The zero-order valence-electron chi connectivity index (χ0n) is 11.8. The molecule has 1 saturated heterocycles. The monoisotopic (exact) mass is 268 g/mol. The van der Waals surface area contributed by atoms with Crippen LogP contribution in [0.1, 0.15) is 11.8 Å². The SMILES string of the molecule is CN(C)CCOCCn1cncc1C1CNCCO1. The van der Waals surface area contributed by atoms with Crippen molar-refractivity contribution < 1.29 is 9.47 Å². The van der Waals surface area contributed by atoms with Crippen molar-refractivity contribution in [3.63, 3.8) is 0 Å². The van der Waals surface area contributed by atoms with Gasteiger partial charge in [0.15, 0.2) is 0 Å². The average Bonchev–Trinajstić information content (AvgIpc) is 2.87. The van der Waals surface area contributed by atoms with Crippen LogP contribution in [0.15, 0.2) is 12.5 Å². The van der Waals surface area contributed by atoms with Gasteiger partial charge >= 0.3 is 0 Å². The van der Waals surface area contributed by atoms with Crippen LogP contribution in [0.25, 0.3) is 0 Å². The highest BCUT2D eigenvalue weighted by molar-refractivity contribution is 5.04. The van der Waals surface area contributed by atoms with Crippen LogP contribution in [-0.2, 0) is 16.0 Å². The third-order valence-electron chi connectivity index (χ3n) is 3.16. The lowest BCUT2D eigenvalue weighted by Crippen LogP contribution is -2.34. The molecular weight excluding hydrogens is 244 g/mol. The molecule has 0 amide bonds. The quantitative estimate of drug-likeness (QED) is 0.712. The summed E-state index contributed by atoms with van der Waals surface area (Å²) in [6, 6.07) is 0. The second kappa shape index (κ2) is 7.59. The fraction of sp³-hybridized carbons (Fsp3) is 0.769. The van der Waals surface area contributed by atoms with Crippen LogP contribution >= 0.6 is 0 Å². The minimum absolute atomic E-state index is 0.109. The number of nitrogens with zero attached hydrogens (tertiary/aromatic N) is 3. The number of aromatic nitrogens is 2. The Labute approximate surface area is 114 Å². The molecule has 108 valence electrons. The number of morpholine rings is 1. The lowest BCUT2D eigenvalue weighted by molar-refractivity contribution is 0.0216. The highest BCUT2D eigenvalue weighted by Gasteiger charge is 2.19. The Morgan fingerprint density at radius 1 is 1.53 bits per heavy atom. The number of hydrogen-bond donors (Lipinski definition) is 1. The van der Waals surface area contributed by atoms with E-state index in [1.54, 1.807) is 0 Å². The van der Waals surface area contributed by atoms with Crippen LogP contribution in [0, 0.1) is 0 Å². The maximum atomic E-state index is 5.75. The highest BCUT2D eigenvalue weighted by Crippen LogP contribution is 2.18. The third-order valence-corrected chi connectivity index (χ3v) is 3.16. The molecule has 0 aliphatic carbocycles. The van der Waals surface area contributed by atoms with Gasteiger partial charge in [-0.1, -0.05) is 0 Å². The van der Waals surface area contributed by atoms with Crippen molar-refractivity contribution >= 4 is 0 Å². The topological polar surface area (TPSA) is 51.5 Å². The summed E-state index contributed by atoms with van der Waals surface area (Å²) in [5.74, 6) is 0. The summed E-state index contributed by atoms with van der Waals surface area (Å²) in [6.45, 7) is 5.78. The Balaban J connectivity index is 1.76. The predicted octanol–water partition coefficient (Wildman–Crippen LogP) is 0.122. The van der Waals surface area contributed by atoms with Crippen LogP contribution in [-0.4, -0.2) is 68.0 Å². The van der Waals surface area contributed by atoms with Gasteiger partial charge in [-0.15, -0.1) is 0 Å². The Hall–Kier alpha value is -0.950. The number of likely N-dealkylation sites (N-methyl/N-ethyl adjacent to an activating group) is 1. The van der Waals surface area contributed by atoms with Gasteiger partial charge in [-0.25, -0.2) is 4.98 Å². The second-order valence-corrected chi connectivity index (χ2v) is 4.99. The van der Waals surface area contributed by atoms with Crippen molar-refractivity contribution in [3.05, 3.63) is 18.2 Å². The fourth-order valence-corrected chi connectivity index (χ4v) is 2.05. The van der Waals surface area contributed by atoms with E-state index in [9.17, 15) is 0 Å². The van der Waals surface area contributed by atoms with Crippen LogP contribution < -0.4 is 5.32 Å². The maximum Gasteiger partial charge on any atom is 0.111 e. The number of hydrogen-bond acceptors (Lipinski definition) is 5. The molecule has 6 heteroatoms. The van der Waals surface area contributed by atoms with E-state index in [0.29, 0.717) is 6.61 Å². The molecule has 1 atom stereocenters. The molecule has 1 aliphatic rings. The van der Waals surface area contributed by atoms with Crippen molar-refractivity contribution in [2.75, 3.05) is 53.6 Å². The zero-order valence-corrected chi connectivity index (χ0v) is 11.8. The van der Waals surface area contributed by atoms with Gasteiger partial charge in [-0.3, -0.25) is 0 Å². The minimum atomic E-state index is 0.109. The van der Waals surface area contributed by atoms with Crippen molar-refractivity contribution in [1.82, 2.24) is 19.8 Å². The van der Waals surface area contributed by atoms with Gasteiger partial charge in [0, 0.05) is 26.2 Å². The molecule has 0 aromatic carbocycles. The van der Waals surface area contributed by atoms with E-state index >= 15 is 0 Å². The van der Waals surface area contributed by atoms with Crippen LogP contribution in [0.4, 0.5) is 0 Å². The zero-order chi connectivity index (χ0) is 13.5. The maximum absolute atomic E-state index is 5.75. The molecule has 0 radical (unpaired) electrons. The first kappa shape index (κ1) is 14.5. The minimum Gasteiger partial charge on any atom is -0.378 e. The number of nitrogens with one attached hydrogen (secondary N) is 1. The summed E-state index contributed by atoms with van der Waals surface area (Å²) in [5, 5.41) is 3.34. The predicted molar refractivity (Wildman–Crippen MR) is 73.2 cm³/mol. The molecular formula is C13H24N4O2. The number of rotatable bonds is 7. The second-order valence-electron chi connectivity index (χ2n) is 4.99. The van der Waals surface area contributed by atoms with Gasteiger partial charge in [0.1, 0.15) is 6.10 Å². The molecule has 1 unspecified atom stereocenters. The summed E-state index contributed by atoms with van der Waals surface area (Å²) in [4.78, 5) is 6.33. The molecule has 2 heterocycles. The molecule has 1 aliphatic heterocycles. The first-order valence-electron chi connectivity index (χ1n) is 6.82. The van der Waals surface area contributed by atoms with Crippen molar-refractivity contribution in [3.8, 4) is 0 Å². The molecule has 1 N–H and O–H groups in total.